The Labute approximate surface area is 150 Å². The molecule has 1 unspecified atom stereocenters. The zero-order valence-electron chi connectivity index (χ0n) is 14.3. The van der Waals surface area contributed by atoms with Crippen LogP contribution >= 0.6 is 0 Å². The fourth-order valence-electron chi connectivity index (χ4n) is 2.59. The third kappa shape index (κ3) is 4.93. The van der Waals surface area contributed by atoms with Crippen LogP contribution in [0, 0.1) is 0 Å². The number of para-hydroxylation sites is 1. The number of methoxy groups -OCH3 is 1. The number of aromatic amines is 1. The molecule has 0 fully saturated rings. The number of aliphatic carboxylic acids is 2. The first-order valence-corrected chi connectivity index (χ1v) is 8.03. The second kappa shape index (κ2) is 8.82. The molecule has 0 bridgehead atoms. The van der Waals surface area contributed by atoms with Gasteiger partial charge in [-0.2, -0.15) is 0 Å². The molecule has 1 atom stereocenters. The lowest BCUT2D eigenvalue weighted by atomic mass is 10.0. The fourth-order valence-corrected chi connectivity index (χ4v) is 2.59. The molecule has 0 saturated carbocycles. The summed E-state index contributed by atoms with van der Waals surface area (Å²) in [6.45, 7) is 0. The van der Waals surface area contributed by atoms with Gasteiger partial charge in [-0.1, -0.05) is 12.1 Å². The topological polar surface area (TPSA) is 139 Å². The number of ether oxygens (including phenoxy) is 1. The second-order valence-electron chi connectivity index (χ2n) is 5.67. The summed E-state index contributed by atoms with van der Waals surface area (Å²) in [5.74, 6) is -1.20. The minimum atomic E-state index is -1.33. The molecule has 1 heterocycles. The quantitative estimate of drug-likeness (QED) is 0.501. The van der Waals surface area contributed by atoms with E-state index in [0.717, 1.165) is 22.8 Å². The number of carbonyl (C=O) groups is 2. The Kier molecular flexibility index (Phi) is 6.51. The zero-order valence-corrected chi connectivity index (χ0v) is 14.3. The molecule has 0 spiro atoms. The molecule has 2 rings (SSSR count). The predicted octanol–water partition coefficient (Wildman–Crippen LogP) is 1.83. The van der Waals surface area contributed by atoms with Gasteiger partial charge in [-0.3, -0.25) is 0 Å². The average molecular weight is 359 g/mol. The van der Waals surface area contributed by atoms with Crippen molar-refractivity contribution in [1.29, 1.82) is 0 Å². The highest BCUT2D eigenvalue weighted by Gasteiger charge is 2.18. The van der Waals surface area contributed by atoms with Crippen molar-refractivity contribution in [3.05, 3.63) is 47.9 Å². The van der Waals surface area contributed by atoms with Crippen molar-refractivity contribution in [2.24, 2.45) is 5.73 Å². The van der Waals surface area contributed by atoms with E-state index in [1.54, 1.807) is 13.3 Å². The highest BCUT2D eigenvalue weighted by molar-refractivity contribution is 5.95. The number of rotatable bonds is 9. The Morgan fingerprint density at radius 3 is 2.73 bits per heavy atom. The molecule has 1 aromatic carbocycles. The van der Waals surface area contributed by atoms with E-state index in [4.69, 9.17) is 20.7 Å². The van der Waals surface area contributed by atoms with Crippen LogP contribution in [0.3, 0.4) is 0 Å². The first-order chi connectivity index (χ1) is 12.4. The molecule has 26 heavy (non-hydrogen) atoms. The first-order valence-electron chi connectivity index (χ1n) is 8.03. The third-order valence-electron chi connectivity index (χ3n) is 3.87. The van der Waals surface area contributed by atoms with Crippen LogP contribution in [0.25, 0.3) is 11.3 Å². The Morgan fingerprint density at radius 1 is 1.35 bits per heavy atom. The molecule has 138 valence electrons. The number of aryl methyl sites for hydroxylation is 1. The maximum Gasteiger partial charge on any atom is 0.333 e. The number of imidazole rings is 1. The minimum Gasteiger partial charge on any atom is -0.496 e. The SMILES string of the molecule is COc1ccccc1-c1c[nH]c(CCCC(N)/C(=C\C(=O)O)C(=O)O)n1. The highest BCUT2D eigenvalue weighted by atomic mass is 16.5. The van der Waals surface area contributed by atoms with Crippen molar-refractivity contribution < 1.29 is 24.5 Å². The maximum absolute atomic E-state index is 11.1. The van der Waals surface area contributed by atoms with E-state index in [9.17, 15) is 9.59 Å². The van der Waals surface area contributed by atoms with Gasteiger partial charge < -0.3 is 25.7 Å². The number of nitrogens with two attached hydrogens (primary N) is 1. The average Bonchev–Trinajstić information content (AvgIpc) is 3.07. The molecule has 8 nitrogen and oxygen atoms in total. The molecule has 0 aliphatic heterocycles. The number of nitrogens with zero attached hydrogens (tertiary/aromatic N) is 1. The van der Waals surface area contributed by atoms with Crippen LogP contribution in [0.2, 0.25) is 0 Å². The van der Waals surface area contributed by atoms with Crippen LogP contribution in [0.5, 0.6) is 5.75 Å². The second-order valence-corrected chi connectivity index (χ2v) is 5.67. The van der Waals surface area contributed by atoms with Crippen molar-refractivity contribution in [2.45, 2.75) is 25.3 Å². The van der Waals surface area contributed by atoms with Gasteiger partial charge in [0.2, 0.25) is 0 Å². The molecular formula is C18H21N3O5. The molecule has 2 aromatic rings. The summed E-state index contributed by atoms with van der Waals surface area (Å²) in [7, 11) is 1.60. The molecule has 0 aliphatic carbocycles. The molecule has 0 amide bonds. The van der Waals surface area contributed by atoms with Gasteiger partial charge in [0.15, 0.2) is 0 Å². The Morgan fingerprint density at radius 2 is 2.08 bits per heavy atom. The van der Waals surface area contributed by atoms with Gasteiger partial charge in [0.25, 0.3) is 0 Å². The van der Waals surface area contributed by atoms with Gasteiger partial charge in [0, 0.05) is 30.3 Å². The van der Waals surface area contributed by atoms with Gasteiger partial charge in [-0.05, 0) is 25.0 Å². The standard InChI is InChI=1S/C18H21N3O5/c1-26-15-7-3-2-5-11(15)14-10-20-16(21-14)8-4-6-13(19)12(18(24)25)9-17(22)23/h2-3,5,7,9-10,13H,4,6,8,19H2,1H3,(H,20,21)(H,22,23)(H,24,25)/b12-9+. The Hall–Kier alpha value is -3.13. The Bertz CT molecular complexity index is 813. The molecule has 0 radical (unpaired) electrons. The predicted molar refractivity (Wildman–Crippen MR) is 94.8 cm³/mol. The van der Waals surface area contributed by atoms with Crippen molar-refractivity contribution in [3.8, 4) is 17.0 Å². The molecule has 5 N–H and O–H groups in total. The van der Waals surface area contributed by atoms with Crippen LogP contribution in [0.1, 0.15) is 18.7 Å². The zero-order chi connectivity index (χ0) is 19.1. The van der Waals surface area contributed by atoms with Gasteiger partial charge in [0.05, 0.1) is 18.4 Å². The number of nitrogens with one attached hydrogen (secondary N) is 1. The normalized spacial score (nSPS) is 12.6. The number of benzene rings is 1. The van der Waals surface area contributed by atoms with Crippen LogP contribution in [0.15, 0.2) is 42.1 Å². The van der Waals surface area contributed by atoms with Gasteiger partial charge >= 0.3 is 11.9 Å². The van der Waals surface area contributed by atoms with Crippen molar-refractivity contribution in [1.82, 2.24) is 9.97 Å². The number of hydrogen-bond acceptors (Lipinski definition) is 5. The van der Waals surface area contributed by atoms with E-state index < -0.39 is 18.0 Å². The molecule has 8 heteroatoms. The summed E-state index contributed by atoms with van der Waals surface area (Å²) < 4.78 is 5.32. The lowest BCUT2D eigenvalue weighted by molar-refractivity contribution is -0.135. The number of aromatic nitrogens is 2. The van der Waals surface area contributed by atoms with Crippen molar-refractivity contribution >= 4 is 11.9 Å². The highest BCUT2D eigenvalue weighted by Crippen LogP contribution is 2.28. The van der Waals surface area contributed by atoms with E-state index in [-0.39, 0.29) is 5.57 Å². The van der Waals surface area contributed by atoms with Crippen LogP contribution in [-0.4, -0.2) is 45.3 Å². The Balaban J connectivity index is 1.98. The van der Waals surface area contributed by atoms with Gasteiger partial charge in [0.1, 0.15) is 11.6 Å². The van der Waals surface area contributed by atoms with E-state index >= 15 is 0 Å². The largest absolute Gasteiger partial charge is 0.496 e. The first kappa shape index (κ1) is 19.2. The van der Waals surface area contributed by atoms with E-state index in [2.05, 4.69) is 9.97 Å². The summed E-state index contributed by atoms with van der Waals surface area (Å²) in [6.07, 6.45) is 3.86. The fraction of sp³-hybridized carbons (Fsp3) is 0.278. The third-order valence-corrected chi connectivity index (χ3v) is 3.87. The van der Waals surface area contributed by atoms with Gasteiger partial charge in [-0.15, -0.1) is 0 Å². The van der Waals surface area contributed by atoms with Crippen molar-refractivity contribution in [2.75, 3.05) is 7.11 Å². The molecule has 0 saturated heterocycles. The molecule has 1 aromatic heterocycles. The summed E-state index contributed by atoms with van der Waals surface area (Å²) in [5.41, 5.74) is 7.11. The summed E-state index contributed by atoms with van der Waals surface area (Å²) in [5, 5.41) is 17.8. The minimum absolute atomic E-state index is 0.313. The summed E-state index contributed by atoms with van der Waals surface area (Å²) in [6, 6.07) is 6.68. The number of carboxylic acid groups (broad SMARTS) is 2. The summed E-state index contributed by atoms with van der Waals surface area (Å²) >= 11 is 0. The van der Waals surface area contributed by atoms with Crippen LogP contribution in [-0.2, 0) is 16.0 Å². The van der Waals surface area contributed by atoms with Crippen LogP contribution in [0.4, 0.5) is 0 Å². The smallest absolute Gasteiger partial charge is 0.333 e. The number of H-pyrrole nitrogens is 1. The van der Waals surface area contributed by atoms with Gasteiger partial charge in [-0.25, -0.2) is 14.6 Å². The molecular weight excluding hydrogens is 338 g/mol. The number of hydrogen-bond donors (Lipinski definition) is 4. The van der Waals surface area contributed by atoms with E-state index in [1.165, 1.54) is 0 Å². The number of carboxylic acids is 2. The van der Waals surface area contributed by atoms with Crippen molar-refractivity contribution in [3.63, 3.8) is 0 Å². The lowest BCUT2D eigenvalue weighted by Crippen LogP contribution is -2.28. The lowest BCUT2D eigenvalue weighted by Gasteiger charge is -2.11. The van der Waals surface area contributed by atoms with E-state index in [0.29, 0.717) is 25.3 Å². The maximum atomic E-state index is 11.1. The molecule has 0 aliphatic rings. The van der Waals surface area contributed by atoms with E-state index in [1.807, 2.05) is 24.3 Å². The van der Waals surface area contributed by atoms with Crippen LogP contribution < -0.4 is 10.5 Å². The summed E-state index contributed by atoms with van der Waals surface area (Å²) in [4.78, 5) is 29.4. The monoisotopic (exact) mass is 359 g/mol.